The number of rotatable bonds is 4. The molecule has 0 aliphatic carbocycles. The standard InChI is InChI=1S/C26H24N4O5/c1-26(2,33)11-9-17-13-22-23(28-15-17)30(3)25(32)21(16-34-22)29-24(31)20-14-19(10-12-27-20)35-18-7-5-4-6-8-18/h4-8,10,12-15,21,33H,16H2,1-3H3,(H,29,31). The molecule has 3 aromatic rings. The number of aliphatic hydroxyl groups is 1. The number of benzene rings is 1. The van der Waals surface area contributed by atoms with Crippen LogP contribution in [-0.4, -0.2) is 52.2 Å². The quantitative estimate of drug-likeness (QED) is 0.561. The number of nitrogens with one attached hydrogen (secondary N) is 1. The van der Waals surface area contributed by atoms with Gasteiger partial charge in [0, 0.05) is 37.1 Å². The van der Waals surface area contributed by atoms with Crippen molar-refractivity contribution in [3.8, 4) is 29.1 Å². The van der Waals surface area contributed by atoms with Crippen LogP contribution in [0.25, 0.3) is 0 Å². The molecule has 9 heteroatoms. The molecule has 178 valence electrons. The topological polar surface area (TPSA) is 114 Å². The minimum Gasteiger partial charge on any atom is -0.487 e. The zero-order chi connectivity index (χ0) is 25.0. The number of aromatic nitrogens is 2. The lowest BCUT2D eigenvalue weighted by atomic mass is 10.1. The van der Waals surface area contributed by atoms with Gasteiger partial charge in [-0.25, -0.2) is 4.98 Å². The second kappa shape index (κ2) is 9.83. The summed E-state index contributed by atoms with van der Waals surface area (Å²) in [5, 5.41) is 12.5. The van der Waals surface area contributed by atoms with Gasteiger partial charge < -0.3 is 19.9 Å². The summed E-state index contributed by atoms with van der Waals surface area (Å²) in [6.45, 7) is 3.04. The highest BCUT2D eigenvalue weighted by molar-refractivity contribution is 6.02. The summed E-state index contributed by atoms with van der Waals surface area (Å²) in [7, 11) is 1.55. The molecule has 0 fully saturated rings. The number of amides is 2. The van der Waals surface area contributed by atoms with E-state index in [1.54, 1.807) is 45.2 Å². The zero-order valence-corrected chi connectivity index (χ0v) is 19.5. The van der Waals surface area contributed by atoms with E-state index in [1.807, 2.05) is 18.2 Å². The highest BCUT2D eigenvalue weighted by atomic mass is 16.5. The summed E-state index contributed by atoms with van der Waals surface area (Å²) < 4.78 is 11.6. The molecule has 1 unspecified atom stereocenters. The number of ether oxygens (including phenoxy) is 2. The lowest BCUT2D eigenvalue weighted by Gasteiger charge is -2.19. The summed E-state index contributed by atoms with van der Waals surface area (Å²) in [6.07, 6.45) is 2.95. The van der Waals surface area contributed by atoms with Crippen molar-refractivity contribution in [2.24, 2.45) is 0 Å². The minimum absolute atomic E-state index is 0.0953. The first kappa shape index (κ1) is 23.7. The van der Waals surface area contributed by atoms with Crippen LogP contribution in [0.15, 0.2) is 60.9 Å². The number of carbonyl (C=O) groups excluding carboxylic acids is 2. The highest BCUT2D eigenvalue weighted by Crippen LogP contribution is 2.29. The first-order chi connectivity index (χ1) is 16.7. The van der Waals surface area contributed by atoms with Crippen molar-refractivity contribution < 1.29 is 24.2 Å². The first-order valence-corrected chi connectivity index (χ1v) is 10.9. The molecule has 1 atom stereocenters. The third kappa shape index (κ3) is 5.93. The lowest BCUT2D eigenvalue weighted by Crippen LogP contribution is -2.49. The summed E-state index contributed by atoms with van der Waals surface area (Å²) in [5.41, 5.74) is -0.542. The predicted octanol–water partition coefficient (Wildman–Crippen LogP) is 2.55. The molecule has 9 nitrogen and oxygen atoms in total. The van der Waals surface area contributed by atoms with Crippen LogP contribution in [0.5, 0.6) is 17.2 Å². The number of nitrogens with zero attached hydrogens (tertiary/aromatic N) is 3. The fourth-order valence-corrected chi connectivity index (χ4v) is 3.23. The van der Waals surface area contributed by atoms with Crippen molar-refractivity contribution in [1.29, 1.82) is 0 Å². The summed E-state index contributed by atoms with van der Waals surface area (Å²) in [6, 6.07) is 13.0. The molecule has 4 rings (SSSR count). The Kier molecular flexibility index (Phi) is 6.66. The van der Waals surface area contributed by atoms with Crippen LogP contribution in [0.3, 0.4) is 0 Å². The van der Waals surface area contributed by atoms with Crippen molar-refractivity contribution in [3.63, 3.8) is 0 Å². The van der Waals surface area contributed by atoms with Gasteiger partial charge in [0.05, 0.1) is 0 Å². The number of hydrogen-bond acceptors (Lipinski definition) is 7. The molecule has 1 aromatic carbocycles. The van der Waals surface area contributed by atoms with Crippen molar-refractivity contribution in [2.45, 2.75) is 25.5 Å². The van der Waals surface area contributed by atoms with E-state index >= 15 is 0 Å². The van der Waals surface area contributed by atoms with Crippen LogP contribution in [-0.2, 0) is 4.79 Å². The summed E-state index contributed by atoms with van der Waals surface area (Å²) in [5.74, 6) is 6.31. The molecule has 3 heterocycles. The molecule has 0 bridgehead atoms. The van der Waals surface area contributed by atoms with E-state index in [0.717, 1.165) is 0 Å². The lowest BCUT2D eigenvalue weighted by molar-refractivity contribution is -0.120. The molecule has 0 saturated heterocycles. The number of para-hydroxylation sites is 1. The average Bonchev–Trinajstić information content (AvgIpc) is 2.95. The smallest absolute Gasteiger partial charge is 0.270 e. The van der Waals surface area contributed by atoms with E-state index in [1.165, 1.54) is 23.4 Å². The Morgan fingerprint density at radius 2 is 1.97 bits per heavy atom. The molecule has 2 N–H and O–H groups in total. The minimum atomic E-state index is -1.16. The fraction of sp³-hybridized carbons (Fsp3) is 0.231. The van der Waals surface area contributed by atoms with E-state index in [2.05, 4.69) is 27.1 Å². The maximum atomic E-state index is 13.0. The van der Waals surface area contributed by atoms with Gasteiger partial charge in [-0.3, -0.25) is 19.5 Å². The Hall–Kier alpha value is -4.42. The Labute approximate surface area is 202 Å². The van der Waals surface area contributed by atoms with Gasteiger partial charge in [0.2, 0.25) is 0 Å². The first-order valence-electron chi connectivity index (χ1n) is 10.9. The normalized spacial score (nSPS) is 15.1. The largest absolute Gasteiger partial charge is 0.487 e. The maximum absolute atomic E-state index is 13.0. The molecular weight excluding hydrogens is 448 g/mol. The maximum Gasteiger partial charge on any atom is 0.270 e. The van der Waals surface area contributed by atoms with Crippen LogP contribution in [0.1, 0.15) is 29.9 Å². The monoisotopic (exact) mass is 472 g/mol. The van der Waals surface area contributed by atoms with E-state index in [9.17, 15) is 14.7 Å². The van der Waals surface area contributed by atoms with Gasteiger partial charge >= 0.3 is 0 Å². The number of carbonyl (C=O) groups is 2. The number of fused-ring (bicyclic) bond motifs is 1. The van der Waals surface area contributed by atoms with Crippen molar-refractivity contribution in [2.75, 3.05) is 18.6 Å². The van der Waals surface area contributed by atoms with E-state index < -0.39 is 23.5 Å². The van der Waals surface area contributed by atoms with Crippen molar-refractivity contribution >= 4 is 17.6 Å². The molecule has 0 saturated carbocycles. The van der Waals surface area contributed by atoms with Crippen LogP contribution < -0.4 is 19.7 Å². The Bertz CT molecular complexity index is 1310. The molecule has 0 spiro atoms. The van der Waals surface area contributed by atoms with Gasteiger partial charge in [-0.1, -0.05) is 30.0 Å². The Balaban J connectivity index is 1.48. The molecule has 2 aromatic heterocycles. The SMILES string of the molecule is CN1C(=O)C(NC(=O)c2cc(Oc3ccccc3)ccn2)COc2cc(C#CC(C)(C)O)cnc21. The molecule has 35 heavy (non-hydrogen) atoms. The van der Waals surface area contributed by atoms with Gasteiger partial charge in [-0.15, -0.1) is 0 Å². The summed E-state index contributed by atoms with van der Waals surface area (Å²) in [4.78, 5) is 35.6. The average molecular weight is 473 g/mol. The van der Waals surface area contributed by atoms with E-state index in [-0.39, 0.29) is 12.3 Å². The van der Waals surface area contributed by atoms with Gasteiger partial charge in [0.1, 0.15) is 35.4 Å². The van der Waals surface area contributed by atoms with Gasteiger partial charge in [-0.2, -0.15) is 0 Å². The van der Waals surface area contributed by atoms with E-state index in [4.69, 9.17) is 9.47 Å². The number of anilines is 1. The van der Waals surface area contributed by atoms with Crippen molar-refractivity contribution in [3.05, 3.63) is 72.2 Å². The van der Waals surface area contributed by atoms with Gasteiger partial charge in [0.25, 0.3) is 11.8 Å². The third-order valence-electron chi connectivity index (χ3n) is 4.95. The van der Waals surface area contributed by atoms with Crippen LogP contribution in [0.2, 0.25) is 0 Å². The molecule has 1 aliphatic heterocycles. The van der Waals surface area contributed by atoms with Gasteiger partial charge in [0.15, 0.2) is 11.6 Å². The number of likely N-dealkylation sites (N-methyl/N-ethyl adjacent to an activating group) is 1. The molecule has 0 radical (unpaired) electrons. The van der Waals surface area contributed by atoms with Gasteiger partial charge in [-0.05, 0) is 32.0 Å². The van der Waals surface area contributed by atoms with Crippen LogP contribution >= 0.6 is 0 Å². The second-order valence-corrected chi connectivity index (χ2v) is 8.38. The highest BCUT2D eigenvalue weighted by Gasteiger charge is 2.32. The number of pyridine rings is 2. The Morgan fingerprint density at radius 3 is 2.71 bits per heavy atom. The molecule has 2 amide bonds. The van der Waals surface area contributed by atoms with Crippen molar-refractivity contribution in [1.82, 2.24) is 15.3 Å². The van der Waals surface area contributed by atoms with Crippen LogP contribution in [0, 0.1) is 11.8 Å². The zero-order valence-electron chi connectivity index (χ0n) is 19.5. The number of hydrogen-bond donors (Lipinski definition) is 2. The third-order valence-corrected chi connectivity index (χ3v) is 4.95. The van der Waals surface area contributed by atoms with E-state index in [0.29, 0.717) is 28.6 Å². The molecular formula is C26H24N4O5. The second-order valence-electron chi connectivity index (χ2n) is 8.38. The Morgan fingerprint density at radius 1 is 1.20 bits per heavy atom. The fourth-order valence-electron chi connectivity index (χ4n) is 3.23. The van der Waals surface area contributed by atoms with Crippen LogP contribution in [0.4, 0.5) is 5.82 Å². The summed E-state index contributed by atoms with van der Waals surface area (Å²) >= 11 is 0. The molecule has 1 aliphatic rings. The predicted molar refractivity (Wildman–Crippen MR) is 128 cm³/mol.